The molecule has 1 atom stereocenters. The van der Waals surface area contributed by atoms with E-state index in [1.165, 1.54) is 12.1 Å². The second-order valence-electron chi connectivity index (χ2n) is 3.57. The molecule has 0 fully saturated rings. The van der Waals surface area contributed by atoms with Gasteiger partial charge >= 0.3 is 0 Å². The number of rotatable bonds is 3. The highest BCUT2D eigenvalue weighted by molar-refractivity contribution is 7.80. The van der Waals surface area contributed by atoms with Crippen LogP contribution in [0.3, 0.4) is 0 Å². The third kappa shape index (κ3) is 2.25. The van der Waals surface area contributed by atoms with E-state index in [1.807, 2.05) is 4.90 Å². The van der Waals surface area contributed by atoms with Crippen molar-refractivity contribution in [3.05, 3.63) is 35.6 Å². The fraction of sp³-hybridized carbons (Fsp3) is 0.273. The minimum atomic E-state index is -0.261. The lowest BCUT2D eigenvalue weighted by Gasteiger charge is -2.23. The second-order valence-corrected chi connectivity index (χ2v) is 3.93. The highest BCUT2D eigenvalue weighted by Gasteiger charge is 2.23. The van der Waals surface area contributed by atoms with E-state index in [4.69, 9.17) is 17.3 Å². The second kappa shape index (κ2) is 4.67. The van der Waals surface area contributed by atoms with Gasteiger partial charge in [0.25, 0.3) is 0 Å². The standard InChI is InChI=1S/C11H11FN2OS/c12-9-3-1-8(2-4-9)6-14-10(7-15)5-13-11(14)16/h1-5,10,15H,6-7H2. The molecule has 1 N–H and O–H groups in total. The van der Waals surface area contributed by atoms with Crippen molar-refractivity contribution in [1.29, 1.82) is 0 Å². The predicted octanol–water partition coefficient (Wildman–Crippen LogP) is 1.36. The summed E-state index contributed by atoms with van der Waals surface area (Å²) in [4.78, 5) is 5.79. The summed E-state index contributed by atoms with van der Waals surface area (Å²) in [7, 11) is 0. The maximum absolute atomic E-state index is 12.7. The van der Waals surface area contributed by atoms with Gasteiger partial charge in [-0.05, 0) is 29.9 Å². The Morgan fingerprint density at radius 1 is 1.38 bits per heavy atom. The Kier molecular flexibility index (Phi) is 3.26. The average molecular weight is 238 g/mol. The van der Waals surface area contributed by atoms with Crippen LogP contribution in [0.15, 0.2) is 29.3 Å². The molecule has 1 heterocycles. The van der Waals surface area contributed by atoms with Crippen molar-refractivity contribution in [2.24, 2.45) is 4.99 Å². The number of aliphatic hydroxyl groups is 1. The van der Waals surface area contributed by atoms with Crippen LogP contribution in [0, 0.1) is 5.82 Å². The monoisotopic (exact) mass is 238 g/mol. The summed E-state index contributed by atoms with van der Waals surface area (Å²) in [6.45, 7) is 0.509. The lowest BCUT2D eigenvalue weighted by atomic mass is 10.2. The lowest BCUT2D eigenvalue weighted by Crippen LogP contribution is -2.36. The zero-order valence-corrected chi connectivity index (χ0v) is 9.32. The van der Waals surface area contributed by atoms with E-state index < -0.39 is 0 Å². The van der Waals surface area contributed by atoms with Crippen LogP contribution in [0.2, 0.25) is 0 Å². The summed E-state index contributed by atoms with van der Waals surface area (Å²) in [6.07, 6.45) is 1.63. The van der Waals surface area contributed by atoms with Crippen LogP contribution in [-0.4, -0.2) is 34.0 Å². The molecule has 1 aliphatic rings. The maximum atomic E-state index is 12.7. The Bertz CT molecular complexity index is 418. The summed E-state index contributed by atoms with van der Waals surface area (Å²) in [5.41, 5.74) is 0.938. The average Bonchev–Trinajstić information content (AvgIpc) is 2.63. The zero-order valence-electron chi connectivity index (χ0n) is 8.51. The van der Waals surface area contributed by atoms with Crippen molar-refractivity contribution >= 4 is 23.5 Å². The largest absolute Gasteiger partial charge is 0.394 e. The van der Waals surface area contributed by atoms with Crippen molar-refractivity contribution in [3.8, 4) is 0 Å². The number of aliphatic hydroxyl groups excluding tert-OH is 1. The first kappa shape index (κ1) is 11.2. The van der Waals surface area contributed by atoms with E-state index in [2.05, 4.69) is 4.99 Å². The van der Waals surface area contributed by atoms with Crippen molar-refractivity contribution in [2.75, 3.05) is 6.61 Å². The van der Waals surface area contributed by atoms with Crippen LogP contribution in [-0.2, 0) is 6.54 Å². The van der Waals surface area contributed by atoms with E-state index >= 15 is 0 Å². The van der Waals surface area contributed by atoms with Crippen molar-refractivity contribution in [3.63, 3.8) is 0 Å². The fourth-order valence-electron chi connectivity index (χ4n) is 1.56. The summed E-state index contributed by atoms with van der Waals surface area (Å²) >= 11 is 5.05. The first-order valence-electron chi connectivity index (χ1n) is 4.91. The molecule has 0 aromatic heterocycles. The molecule has 1 aromatic carbocycles. The summed E-state index contributed by atoms with van der Waals surface area (Å²) < 4.78 is 12.7. The molecule has 0 spiro atoms. The molecule has 0 saturated carbocycles. The van der Waals surface area contributed by atoms with Crippen LogP contribution in [0.4, 0.5) is 4.39 Å². The number of hydrogen-bond acceptors (Lipinski definition) is 2. The molecular formula is C11H11FN2OS. The van der Waals surface area contributed by atoms with E-state index in [9.17, 15) is 4.39 Å². The van der Waals surface area contributed by atoms with Crippen molar-refractivity contribution in [2.45, 2.75) is 12.6 Å². The van der Waals surface area contributed by atoms with Crippen molar-refractivity contribution in [1.82, 2.24) is 4.90 Å². The van der Waals surface area contributed by atoms with Gasteiger partial charge in [-0.25, -0.2) is 9.38 Å². The number of hydrogen-bond donors (Lipinski definition) is 1. The van der Waals surface area contributed by atoms with Crippen LogP contribution in [0.5, 0.6) is 0 Å². The molecule has 3 nitrogen and oxygen atoms in total. The third-order valence-electron chi connectivity index (χ3n) is 2.46. The number of nitrogens with zero attached hydrogens (tertiary/aromatic N) is 2. The highest BCUT2D eigenvalue weighted by Crippen LogP contribution is 2.14. The van der Waals surface area contributed by atoms with Gasteiger partial charge in [0.2, 0.25) is 0 Å². The summed E-state index contributed by atoms with van der Waals surface area (Å²) in [5.74, 6) is -0.261. The molecule has 0 saturated heterocycles. The molecule has 5 heteroatoms. The van der Waals surface area contributed by atoms with Gasteiger partial charge in [0.05, 0.1) is 12.6 Å². The van der Waals surface area contributed by atoms with Crippen molar-refractivity contribution < 1.29 is 9.50 Å². The Hall–Kier alpha value is -1.33. The molecule has 1 unspecified atom stereocenters. The van der Waals surface area contributed by atoms with E-state index in [0.717, 1.165) is 5.56 Å². The molecular weight excluding hydrogens is 227 g/mol. The van der Waals surface area contributed by atoms with E-state index in [-0.39, 0.29) is 18.5 Å². The molecule has 2 rings (SSSR count). The Morgan fingerprint density at radius 3 is 2.69 bits per heavy atom. The molecule has 0 aliphatic carbocycles. The molecule has 1 aromatic rings. The van der Waals surface area contributed by atoms with Gasteiger partial charge in [-0.2, -0.15) is 0 Å². The van der Waals surface area contributed by atoms with E-state index in [1.54, 1.807) is 18.3 Å². The van der Waals surface area contributed by atoms with Crippen LogP contribution < -0.4 is 0 Å². The lowest BCUT2D eigenvalue weighted by molar-refractivity contribution is 0.224. The molecule has 0 radical (unpaired) electrons. The summed E-state index contributed by atoms with van der Waals surface area (Å²) in [6, 6.07) is 6.04. The highest BCUT2D eigenvalue weighted by atomic mass is 32.1. The normalized spacial score (nSPS) is 19.5. The van der Waals surface area contributed by atoms with Crippen LogP contribution in [0.25, 0.3) is 0 Å². The number of aliphatic imine (C=N–C) groups is 1. The molecule has 1 aliphatic heterocycles. The smallest absolute Gasteiger partial charge is 0.196 e. The number of benzene rings is 1. The first-order chi connectivity index (χ1) is 7.70. The van der Waals surface area contributed by atoms with Gasteiger partial charge in [0.1, 0.15) is 5.82 Å². The van der Waals surface area contributed by atoms with Crippen LogP contribution in [0.1, 0.15) is 5.56 Å². The molecule has 84 valence electrons. The van der Waals surface area contributed by atoms with E-state index in [0.29, 0.717) is 11.7 Å². The topological polar surface area (TPSA) is 35.8 Å². The predicted molar refractivity (Wildman–Crippen MR) is 63.9 cm³/mol. The Balaban J connectivity index is 2.09. The molecule has 16 heavy (non-hydrogen) atoms. The SMILES string of the molecule is OCC1C=NC(=S)N1Cc1ccc(F)cc1. The first-order valence-corrected chi connectivity index (χ1v) is 5.31. The Morgan fingerprint density at radius 2 is 2.06 bits per heavy atom. The van der Waals surface area contributed by atoms with Gasteiger partial charge in [-0.15, -0.1) is 0 Å². The minimum Gasteiger partial charge on any atom is -0.394 e. The minimum absolute atomic E-state index is 0.0230. The van der Waals surface area contributed by atoms with Crippen LogP contribution >= 0.6 is 12.2 Å². The van der Waals surface area contributed by atoms with Gasteiger partial charge in [-0.3, -0.25) is 0 Å². The van der Waals surface area contributed by atoms with Gasteiger partial charge in [-0.1, -0.05) is 12.1 Å². The zero-order chi connectivity index (χ0) is 11.5. The summed E-state index contributed by atoms with van der Waals surface area (Å²) in [5, 5.41) is 9.59. The van der Waals surface area contributed by atoms with Gasteiger partial charge < -0.3 is 10.0 Å². The number of thiocarbonyl (C=S) groups is 1. The molecule has 0 bridgehead atoms. The fourth-order valence-corrected chi connectivity index (χ4v) is 1.82. The quantitative estimate of drug-likeness (QED) is 0.808. The van der Waals surface area contributed by atoms with Gasteiger partial charge in [0.15, 0.2) is 5.11 Å². The molecule has 0 amide bonds. The number of halogens is 1. The third-order valence-corrected chi connectivity index (χ3v) is 2.80. The Labute approximate surface area is 98.2 Å². The maximum Gasteiger partial charge on any atom is 0.196 e. The van der Waals surface area contributed by atoms with Gasteiger partial charge in [0, 0.05) is 12.8 Å².